The number of esters is 4. The standard InChI is InChI=1S/C88H172O17P2/c1-7-11-13-15-17-19-21-23-25-27-28-32-36-39-43-47-51-58-64-70-85(90)98-76-83(104-87(92)72-67-61-53-49-45-41-37-33-30-29-31-34-38-42-46-50-56-62-68-80(5)9-3)78-102-106(94,95)100-74-82(89)75-101-107(96,97)103-79-84(77-99-86(91)71-65-59-55-54-57-63-69-81(6)10-4)105-88(93)73-66-60-52-48-44-40-35-26-24-22-20-18-16-14-12-8-2/h80-84,89H,7-79H2,1-6H3,(H,94,95)(H,96,97)/t80?,81?,82-,83-,84-/m1/s1. The summed E-state index contributed by atoms with van der Waals surface area (Å²) in [6.07, 6.45) is 72.3. The third-order valence-electron chi connectivity index (χ3n) is 21.4. The van der Waals surface area contributed by atoms with Crippen LogP contribution in [-0.2, 0) is 65.4 Å². The van der Waals surface area contributed by atoms with Crippen molar-refractivity contribution in [2.24, 2.45) is 11.8 Å². The van der Waals surface area contributed by atoms with Crippen LogP contribution in [0.3, 0.4) is 0 Å². The van der Waals surface area contributed by atoms with Gasteiger partial charge in [0.25, 0.3) is 0 Å². The zero-order chi connectivity index (χ0) is 78.5. The molecule has 0 aliphatic heterocycles. The lowest BCUT2D eigenvalue weighted by molar-refractivity contribution is -0.161. The molecule has 3 N–H and O–H groups in total. The van der Waals surface area contributed by atoms with Crippen molar-refractivity contribution in [2.45, 2.75) is 490 Å². The van der Waals surface area contributed by atoms with E-state index < -0.39 is 97.5 Å². The van der Waals surface area contributed by atoms with Crippen molar-refractivity contribution in [3.63, 3.8) is 0 Å². The lowest BCUT2D eigenvalue weighted by Gasteiger charge is -2.21. The van der Waals surface area contributed by atoms with E-state index in [-0.39, 0.29) is 25.7 Å². The summed E-state index contributed by atoms with van der Waals surface area (Å²) in [7, 11) is -9.93. The molecule has 0 aliphatic rings. The van der Waals surface area contributed by atoms with Gasteiger partial charge in [-0.15, -0.1) is 0 Å². The number of aliphatic hydroxyl groups is 1. The van der Waals surface area contributed by atoms with E-state index >= 15 is 0 Å². The number of aliphatic hydroxyl groups excluding tert-OH is 1. The van der Waals surface area contributed by atoms with E-state index in [2.05, 4.69) is 41.5 Å². The number of hydrogen-bond donors (Lipinski definition) is 3. The first-order valence-corrected chi connectivity index (χ1v) is 48.6. The Morgan fingerprint density at radius 3 is 0.664 bits per heavy atom. The average Bonchev–Trinajstić information content (AvgIpc) is 0.905. The lowest BCUT2D eigenvalue weighted by atomic mass is 9.99. The van der Waals surface area contributed by atoms with Gasteiger partial charge >= 0.3 is 39.5 Å². The molecule has 636 valence electrons. The Bertz CT molecular complexity index is 2050. The van der Waals surface area contributed by atoms with Crippen LogP contribution in [0.4, 0.5) is 0 Å². The Labute approximate surface area is 658 Å². The summed E-state index contributed by atoms with van der Waals surface area (Å²) < 4.78 is 68.9. The second kappa shape index (κ2) is 79.3. The molecule has 19 heteroatoms. The molecule has 0 aromatic heterocycles. The number of rotatable bonds is 87. The summed E-state index contributed by atoms with van der Waals surface area (Å²) in [5.74, 6) is -0.499. The number of carbonyl (C=O) groups is 4. The van der Waals surface area contributed by atoms with Crippen LogP contribution in [0.1, 0.15) is 472 Å². The normalized spacial score (nSPS) is 14.3. The Morgan fingerprint density at radius 2 is 0.449 bits per heavy atom. The largest absolute Gasteiger partial charge is 0.472 e. The molecule has 0 bridgehead atoms. The van der Waals surface area contributed by atoms with Gasteiger partial charge in [0.05, 0.1) is 26.4 Å². The summed E-state index contributed by atoms with van der Waals surface area (Å²) >= 11 is 0. The Kier molecular flexibility index (Phi) is 77.9. The van der Waals surface area contributed by atoms with Crippen molar-refractivity contribution in [1.29, 1.82) is 0 Å². The van der Waals surface area contributed by atoms with E-state index in [1.807, 2.05) is 0 Å². The second-order valence-corrected chi connectivity index (χ2v) is 35.0. The minimum Gasteiger partial charge on any atom is -0.462 e. The monoisotopic (exact) mass is 1560 g/mol. The Balaban J connectivity index is 5.22. The van der Waals surface area contributed by atoms with Crippen LogP contribution < -0.4 is 0 Å². The van der Waals surface area contributed by atoms with Gasteiger partial charge in [0, 0.05) is 25.7 Å². The summed E-state index contributed by atoms with van der Waals surface area (Å²) in [6.45, 7) is 9.71. The molecule has 0 aromatic carbocycles. The number of unbranched alkanes of at least 4 members (excludes halogenated alkanes) is 55. The Morgan fingerprint density at radius 1 is 0.262 bits per heavy atom. The van der Waals surface area contributed by atoms with Crippen molar-refractivity contribution < 1.29 is 80.2 Å². The summed E-state index contributed by atoms with van der Waals surface area (Å²) in [4.78, 5) is 73.3. The quantitative estimate of drug-likeness (QED) is 0.0222. The van der Waals surface area contributed by atoms with Gasteiger partial charge in [-0.05, 0) is 37.5 Å². The highest BCUT2D eigenvalue weighted by atomic mass is 31.2. The molecule has 17 nitrogen and oxygen atoms in total. The van der Waals surface area contributed by atoms with Gasteiger partial charge < -0.3 is 33.8 Å². The molecule has 0 amide bonds. The fraction of sp³-hybridized carbons (Fsp3) is 0.955. The van der Waals surface area contributed by atoms with E-state index in [1.54, 1.807) is 0 Å². The molecule has 107 heavy (non-hydrogen) atoms. The predicted molar refractivity (Wildman–Crippen MR) is 442 cm³/mol. The third-order valence-corrected chi connectivity index (χ3v) is 23.3. The number of ether oxygens (including phenoxy) is 4. The Hall–Kier alpha value is -1.94. The van der Waals surface area contributed by atoms with E-state index in [0.29, 0.717) is 25.7 Å². The molecule has 0 aromatic rings. The first-order chi connectivity index (χ1) is 51.9. The summed E-state index contributed by atoms with van der Waals surface area (Å²) in [6, 6.07) is 0. The fourth-order valence-electron chi connectivity index (χ4n) is 13.7. The summed E-state index contributed by atoms with van der Waals surface area (Å²) in [5.41, 5.74) is 0. The van der Waals surface area contributed by atoms with Crippen molar-refractivity contribution in [1.82, 2.24) is 0 Å². The molecule has 0 spiro atoms. The molecule has 0 radical (unpaired) electrons. The maximum Gasteiger partial charge on any atom is 0.472 e. The lowest BCUT2D eigenvalue weighted by Crippen LogP contribution is -2.30. The van der Waals surface area contributed by atoms with E-state index in [0.717, 1.165) is 108 Å². The van der Waals surface area contributed by atoms with Gasteiger partial charge in [0.1, 0.15) is 19.3 Å². The van der Waals surface area contributed by atoms with Crippen LogP contribution >= 0.6 is 15.6 Å². The third kappa shape index (κ3) is 79.1. The van der Waals surface area contributed by atoms with E-state index in [9.17, 15) is 43.2 Å². The molecule has 4 unspecified atom stereocenters. The van der Waals surface area contributed by atoms with Gasteiger partial charge in [-0.3, -0.25) is 37.3 Å². The van der Waals surface area contributed by atoms with Gasteiger partial charge in [-0.25, -0.2) is 9.13 Å². The highest BCUT2D eigenvalue weighted by Gasteiger charge is 2.31. The van der Waals surface area contributed by atoms with E-state index in [4.69, 9.17) is 37.0 Å². The molecule has 7 atom stereocenters. The average molecular weight is 1560 g/mol. The van der Waals surface area contributed by atoms with E-state index in [1.165, 1.54) is 283 Å². The maximum atomic E-state index is 13.2. The molecule has 0 saturated carbocycles. The van der Waals surface area contributed by atoms with Crippen LogP contribution in [0.15, 0.2) is 0 Å². The van der Waals surface area contributed by atoms with Crippen molar-refractivity contribution in [3.05, 3.63) is 0 Å². The van der Waals surface area contributed by atoms with Gasteiger partial charge in [0.15, 0.2) is 12.2 Å². The van der Waals surface area contributed by atoms with Crippen LogP contribution in [0, 0.1) is 11.8 Å². The van der Waals surface area contributed by atoms with Crippen molar-refractivity contribution in [2.75, 3.05) is 39.6 Å². The van der Waals surface area contributed by atoms with Gasteiger partial charge in [-0.1, -0.05) is 420 Å². The van der Waals surface area contributed by atoms with Crippen LogP contribution in [-0.4, -0.2) is 96.7 Å². The molecule has 0 saturated heterocycles. The maximum absolute atomic E-state index is 13.2. The smallest absolute Gasteiger partial charge is 0.462 e. The topological polar surface area (TPSA) is 237 Å². The predicted octanol–water partition coefficient (Wildman–Crippen LogP) is 27.0. The van der Waals surface area contributed by atoms with Crippen LogP contribution in [0.2, 0.25) is 0 Å². The van der Waals surface area contributed by atoms with Gasteiger partial charge in [-0.2, -0.15) is 0 Å². The highest BCUT2D eigenvalue weighted by Crippen LogP contribution is 2.45. The van der Waals surface area contributed by atoms with Gasteiger partial charge in [0.2, 0.25) is 0 Å². The molecule has 0 aliphatic carbocycles. The SMILES string of the molecule is CCCCCCCCCCCCCCCCCCCCCC(=O)OC[C@H](COP(=O)(O)OC[C@@H](O)COP(=O)(O)OC[C@@H](COC(=O)CCCCCCCCC(C)CC)OC(=O)CCCCCCCCCCCCCCCCCC)OC(=O)CCCCCCCCCCCCCCCCCCCCC(C)CC. The minimum atomic E-state index is -4.97. The zero-order valence-electron chi connectivity index (χ0n) is 70.5. The van der Waals surface area contributed by atoms with Crippen molar-refractivity contribution >= 4 is 39.5 Å². The minimum absolute atomic E-state index is 0.108. The molecule has 0 fully saturated rings. The second-order valence-electron chi connectivity index (χ2n) is 32.1. The molecular weight excluding hydrogens is 1390 g/mol. The first kappa shape index (κ1) is 105. The molecule has 0 heterocycles. The highest BCUT2D eigenvalue weighted by molar-refractivity contribution is 7.47. The number of carbonyl (C=O) groups excluding carboxylic acids is 4. The molecular formula is C88H172O17P2. The first-order valence-electron chi connectivity index (χ1n) is 45.6. The van der Waals surface area contributed by atoms with Crippen LogP contribution in [0.5, 0.6) is 0 Å². The number of phosphoric acid groups is 2. The number of hydrogen-bond acceptors (Lipinski definition) is 15. The van der Waals surface area contributed by atoms with Crippen LogP contribution in [0.25, 0.3) is 0 Å². The molecule has 0 rings (SSSR count). The fourth-order valence-corrected chi connectivity index (χ4v) is 15.3. The van der Waals surface area contributed by atoms with Crippen molar-refractivity contribution in [3.8, 4) is 0 Å². The zero-order valence-corrected chi connectivity index (χ0v) is 72.2. The number of phosphoric ester groups is 2. The summed E-state index contributed by atoms with van der Waals surface area (Å²) in [5, 5.41) is 10.7.